The van der Waals surface area contributed by atoms with Crippen molar-refractivity contribution < 1.29 is 4.79 Å². The van der Waals surface area contributed by atoms with Crippen LogP contribution in [-0.4, -0.2) is 30.3 Å². The molecule has 3 nitrogen and oxygen atoms in total. The summed E-state index contributed by atoms with van der Waals surface area (Å²) in [6, 6.07) is 8.86. The molecule has 110 valence electrons. The molecule has 2 N–H and O–H groups in total. The van der Waals surface area contributed by atoms with E-state index in [1.54, 1.807) is 11.8 Å². The highest BCUT2D eigenvalue weighted by Gasteiger charge is 2.21. The maximum Gasteiger partial charge on any atom is 0.221 e. The summed E-state index contributed by atoms with van der Waals surface area (Å²) in [6.07, 6.45) is 2.80. The van der Waals surface area contributed by atoms with Crippen LogP contribution in [0.4, 0.5) is 0 Å². The van der Waals surface area contributed by atoms with Crippen LogP contribution in [0.5, 0.6) is 0 Å². The van der Waals surface area contributed by atoms with Gasteiger partial charge in [0.25, 0.3) is 0 Å². The van der Waals surface area contributed by atoms with E-state index in [0.29, 0.717) is 12.5 Å². The van der Waals surface area contributed by atoms with E-state index in [2.05, 4.69) is 45.6 Å². The molecule has 1 aromatic rings. The van der Waals surface area contributed by atoms with Crippen LogP contribution in [0.3, 0.4) is 0 Å². The molecule has 2 unspecified atom stereocenters. The summed E-state index contributed by atoms with van der Waals surface area (Å²) in [5, 5.41) is 6.54. The Morgan fingerprint density at radius 2 is 2.20 bits per heavy atom. The van der Waals surface area contributed by atoms with Gasteiger partial charge in [-0.25, -0.2) is 0 Å². The van der Waals surface area contributed by atoms with E-state index in [1.807, 2.05) is 12.1 Å². The maximum atomic E-state index is 11.9. The Balaban J connectivity index is 1.68. The molecule has 2 rings (SSSR count). The third-order valence-electron chi connectivity index (χ3n) is 3.52. The molecule has 0 aliphatic carbocycles. The van der Waals surface area contributed by atoms with Crippen LogP contribution >= 0.6 is 27.7 Å². The first kappa shape index (κ1) is 15.9. The molecule has 0 spiro atoms. The predicted molar refractivity (Wildman–Crippen MR) is 88.1 cm³/mol. The molecule has 1 aliphatic heterocycles. The minimum Gasteiger partial charge on any atom is -0.352 e. The van der Waals surface area contributed by atoms with Gasteiger partial charge in [0.05, 0.1) is 0 Å². The average molecular weight is 357 g/mol. The number of halogens is 1. The fourth-order valence-electron chi connectivity index (χ4n) is 2.31. The maximum absolute atomic E-state index is 11.9. The van der Waals surface area contributed by atoms with Crippen molar-refractivity contribution in [1.82, 2.24) is 10.6 Å². The van der Waals surface area contributed by atoms with E-state index >= 15 is 0 Å². The number of thioether (sulfide) groups is 1. The molecule has 0 aromatic heterocycles. The minimum atomic E-state index is 0.162. The van der Waals surface area contributed by atoms with Gasteiger partial charge in [-0.3, -0.25) is 4.79 Å². The molecule has 0 saturated carbocycles. The number of benzene rings is 1. The molecule has 1 fully saturated rings. The first-order valence-corrected chi connectivity index (χ1v) is 8.84. The van der Waals surface area contributed by atoms with Gasteiger partial charge in [-0.05, 0) is 50.6 Å². The fourth-order valence-corrected chi connectivity index (χ4v) is 3.43. The number of amides is 1. The van der Waals surface area contributed by atoms with E-state index in [4.69, 9.17) is 0 Å². The lowest BCUT2D eigenvalue weighted by molar-refractivity contribution is -0.121. The van der Waals surface area contributed by atoms with Gasteiger partial charge in [-0.2, -0.15) is 0 Å². The van der Waals surface area contributed by atoms with Gasteiger partial charge in [0.2, 0.25) is 5.91 Å². The number of rotatable bonds is 5. The van der Waals surface area contributed by atoms with Crippen molar-refractivity contribution in [2.24, 2.45) is 0 Å². The van der Waals surface area contributed by atoms with E-state index in [1.165, 1.54) is 4.90 Å². The quantitative estimate of drug-likeness (QED) is 0.796. The zero-order chi connectivity index (χ0) is 14.4. The lowest BCUT2D eigenvalue weighted by Gasteiger charge is -2.30. The van der Waals surface area contributed by atoms with Crippen molar-refractivity contribution in [2.45, 2.75) is 43.2 Å². The Morgan fingerprint density at radius 3 is 2.90 bits per heavy atom. The van der Waals surface area contributed by atoms with E-state index in [9.17, 15) is 4.79 Å². The van der Waals surface area contributed by atoms with Crippen molar-refractivity contribution >= 4 is 33.6 Å². The average Bonchev–Trinajstić information content (AvgIpc) is 2.44. The third-order valence-corrected chi connectivity index (χ3v) is 5.06. The van der Waals surface area contributed by atoms with Crippen LogP contribution in [0.25, 0.3) is 0 Å². The number of hydrogen-bond donors (Lipinski definition) is 2. The highest BCUT2D eigenvalue weighted by atomic mass is 79.9. The van der Waals surface area contributed by atoms with Crippen LogP contribution in [0.15, 0.2) is 33.6 Å². The van der Waals surface area contributed by atoms with Gasteiger partial charge in [-0.1, -0.05) is 15.9 Å². The van der Waals surface area contributed by atoms with Gasteiger partial charge in [0.15, 0.2) is 0 Å². The molecule has 1 amide bonds. The Hall–Kier alpha value is -0.520. The number of nitrogens with one attached hydrogen (secondary N) is 2. The third kappa shape index (κ3) is 5.11. The van der Waals surface area contributed by atoms with Crippen LogP contribution < -0.4 is 10.6 Å². The molecular formula is C15H21BrN2OS. The Labute approximate surface area is 133 Å². The highest BCUT2D eigenvalue weighted by Crippen LogP contribution is 2.21. The second kappa shape index (κ2) is 8.05. The monoisotopic (exact) mass is 356 g/mol. The van der Waals surface area contributed by atoms with Crippen LogP contribution in [-0.2, 0) is 4.79 Å². The number of carbonyl (C=O) groups excluding carboxylic acids is 1. The lowest BCUT2D eigenvalue weighted by Crippen LogP contribution is -2.51. The molecule has 0 bridgehead atoms. The summed E-state index contributed by atoms with van der Waals surface area (Å²) in [5.41, 5.74) is 0. The van der Waals surface area contributed by atoms with Gasteiger partial charge in [0.1, 0.15) is 0 Å². The summed E-state index contributed by atoms with van der Waals surface area (Å²) < 4.78 is 1.08. The number of piperidine rings is 1. The molecule has 20 heavy (non-hydrogen) atoms. The summed E-state index contributed by atoms with van der Waals surface area (Å²) >= 11 is 5.14. The fraction of sp³-hybridized carbons (Fsp3) is 0.533. The molecular weight excluding hydrogens is 336 g/mol. The SMILES string of the molecule is CC1NCCCC1NC(=O)CCSc1ccc(Br)cc1. The minimum absolute atomic E-state index is 0.162. The standard InChI is InChI=1S/C15H21BrN2OS/c1-11-14(3-2-9-17-11)18-15(19)8-10-20-13-6-4-12(16)5-7-13/h4-7,11,14,17H,2-3,8-10H2,1H3,(H,18,19). The molecule has 1 aliphatic rings. The first-order chi connectivity index (χ1) is 9.65. The first-order valence-electron chi connectivity index (χ1n) is 7.06. The topological polar surface area (TPSA) is 41.1 Å². The van der Waals surface area contributed by atoms with Gasteiger partial charge < -0.3 is 10.6 Å². The summed E-state index contributed by atoms with van der Waals surface area (Å²) in [4.78, 5) is 13.1. The lowest BCUT2D eigenvalue weighted by atomic mass is 10.00. The molecule has 5 heteroatoms. The van der Waals surface area contributed by atoms with Gasteiger partial charge >= 0.3 is 0 Å². The summed E-state index contributed by atoms with van der Waals surface area (Å²) in [5.74, 6) is 0.984. The van der Waals surface area contributed by atoms with E-state index in [-0.39, 0.29) is 11.9 Å². The molecule has 0 radical (unpaired) electrons. The van der Waals surface area contributed by atoms with E-state index < -0.39 is 0 Å². The van der Waals surface area contributed by atoms with Crippen molar-refractivity contribution in [3.8, 4) is 0 Å². The Morgan fingerprint density at radius 1 is 1.45 bits per heavy atom. The second-order valence-electron chi connectivity index (χ2n) is 5.11. The molecule has 2 atom stereocenters. The molecule has 1 heterocycles. The predicted octanol–water partition coefficient (Wildman–Crippen LogP) is 3.19. The van der Waals surface area contributed by atoms with Crippen LogP contribution in [0.2, 0.25) is 0 Å². The summed E-state index contributed by atoms with van der Waals surface area (Å²) in [7, 11) is 0. The number of hydrogen-bond acceptors (Lipinski definition) is 3. The Kier molecular flexibility index (Phi) is 6.39. The van der Waals surface area contributed by atoms with Gasteiger partial charge in [-0.15, -0.1) is 11.8 Å². The number of carbonyl (C=O) groups is 1. The Bertz CT molecular complexity index is 438. The zero-order valence-corrected chi connectivity index (χ0v) is 14.1. The van der Waals surface area contributed by atoms with E-state index in [0.717, 1.165) is 29.6 Å². The zero-order valence-electron chi connectivity index (χ0n) is 11.7. The van der Waals surface area contributed by atoms with Crippen molar-refractivity contribution in [3.63, 3.8) is 0 Å². The highest BCUT2D eigenvalue weighted by molar-refractivity contribution is 9.10. The summed E-state index contributed by atoms with van der Waals surface area (Å²) in [6.45, 7) is 3.20. The largest absolute Gasteiger partial charge is 0.352 e. The second-order valence-corrected chi connectivity index (χ2v) is 7.20. The van der Waals surface area contributed by atoms with Crippen molar-refractivity contribution in [2.75, 3.05) is 12.3 Å². The van der Waals surface area contributed by atoms with Crippen molar-refractivity contribution in [3.05, 3.63) is 28.7 Å². The van der Waals surface area contributed by atoms with Gasteiger partial charge in [0, 0.05) is 33.6 Å². The molecule has 1 saturated heterocycles. The van der Waals surface area contributed by atoms with Crippen LogP contribution in [0, 0.1) is 0 Å². The molecule has 1 aromatic carbocycles. The van der Waals surface area contributed by atoms with Crippen molar-refractivity contribution in [1.29, 1.82) is 0 Å². The smallest absolute Gasteiger partial charge is 0.221 e. The normalized spacial score (nSPS) is 22.5. The van der Waals surface area contributed by atoms with Crippen LogP contribution in [0.1, 0.15) is 26.2 Å².